The minimum atomic E-state index is 0.235. The number of ether oxygens (including phenoxy) is 1. The third kappa shape index (κ3) is 6.42. The van der Waals surface area contributed by atoms with Crippen molar-refractivity contribution in [3.63, 3.8) is 0 Å². The molecule has 0 saturated heterocycles. The molecule has 0 aliphatic rings. The van der Waals surface area contributed by atoms with Gasteiger partial charge in [0.1, 0.15) is 5.84 Å². The third-order valence-corrected chi connectivity index (χ3v) is 3.00. The molecule has 0 aliphatic carbocycles. The number of oxime groups is 1. The van der Waals surface area contributed by atoms with E-state index in [-0.39, 0.29) is 5.84 Å². The summed E-state index contributed by atoms with van der Waals surface area (Å²) in [7, 11) is 1.67. The lowest BCUT2D eigenvalue weighted by Crippen LogP contribution is -2.30. The van der Waals surface area contributed by atoms with Gasteiger partial charge in [-0.05, 0) is 17.7 Å². The first-order valence-corrected chi connectivity index (χ1v) is 6.45. The van der Waals surface area contributed by atoms with Crippen molar-refractivity contribution < 1.29 is 9.94 Å². The Morgan fingerprint density at radius 2 is 2.05 bits per heavy atom. The second-order valence-corrected chi connectivity index (χ2v) is 4.67. The fourth-order valence-corrected chi connectivity index (χ4v) is 1.79. The van der Waals surface area contributed by atoms with Gasteiger partial charge in [-0.2, -0.15) is 0 Å². The summed E-state index contributed by atoms with van der Waals surface area (Å²) in [6.07, 6.45) is 0.522. The molecule has 0 amide bonds. The van der Waals surface area contributed by atoms with Crippen LogP contribution < -0.4 is 5.73 Å². The highest BCUT2D eigenvalue weighted by Gasteiger charge is 2.07. The van der Waals surface area contributed by atoms with E-state index in [4.69, 9.17) is 27.3 Å². The van der Waals surface area contributed by atoms with Crippen LogP contribution in [0.25, 0.3) is 0 Å². The minimum absolute atomic E-state index is 0.235. The zero-order chi connectivity index (χ0) is 14.1. The maximum atomic E-state index is 8.55. The first-order chi connectivity index (χ1) is 9.15. The second kappa shape index (κ2) is 8.74. The number of benzene rings is 1. The Morgan fingerprint density at radius 1 is 1.37 bits per heavy atom. The van der Waals surface area contributed by atoms with Gasteiger partial charge in [0.15, 0.2) is 0 Å². The SMILES string of the molecule is COCCN(CCC(N)=NO)Cc1ccc(Cl)cc1. The predicted molar refractivity (Wildman–Crippen MR) is 76.6 cm³/mol. The van der Waals surface area contributed by atoms with Crippen LogP contribution in [0.5, 0.6) is 0 Å². The molecular weight excluding hydrogens is 266 g/mol. The summed E-state index contributed by atoms with van der Waals surface area (Å²) in [6, 6.07) is 7.72. The average Bonchev–Trinajstić information content (AvgIpc) is 2.43. The summed E-state index contributed by atoms with van der Waals surface area (Å²) in [5.41, 5.74) is 6.65. The molecule has 0 bridgehead atoms. The van der Waals surface area contributed by atoms with Crippen LogP contribution in [0.4, 0.5) is 0 Å². The molecule has 0 aliphatic heterocycles. The van der Waals surface area contributed by atoms with Crippen molar-refractivity contribution in [2.45, 2.75) is 13.0 Å². The zero-order valence-electron chi connectivity index (χ0n) is 11.1. The van der Waals surface area contributed by atoms with Crippen molar-refractivity contribution >= 4 is 17.4 Å². The minimum Gasteiger partial charge on any atom is -0.409 e. The summed E-state index contributed by atoms with van der Waals surface area (Å²) < 4.78 is 5.09. The van der Waals surface area contributed by atoms with Crippen LogP contribution in [0.1, 0.15) is 12.0 Å². The van der Waals surface area contributed by atoms with E-state index in [2.05, 4.69) is 10.1 Å². The highest BCUT2D eigenvalue weighted by atomic mass is 35.5. The molecule has 0 spiro atoms. The number of methoxy groups -OCH3 is 1. The Hall–Kier alpha value is -1.30. The number of rotatable bonds is 8. The molecule has 0 radical (unpaired) electrons. The van der Waals surface area contributed by atoms with Gasteiger partial charge >= 0.3 is 0 Å². The van der Waals surface area contributed by atoms with E-state index >= 15 is 0 Å². The molecule has 19 heavy (non-hydrogen) atoms. The van der Waals surface area contributed by atoms with Crippen molar-refractivity contribution in [1.29, 1.82) is 0 Å². The molecule has 5 nitrogen and oxygen atoms in total. The number of halogens is 1. The molecule has 1 aromatic rings. The molecule has 0 fully saturated rings. The van der Waals surface area contributed by atoms with Gasteiger partial charge < -0.3 is 15.7 Å². The van der Waals surface area contributed by atoms with Crippen LogP contribution >= 0.6 is 11.6 Å². The van der Waals surface area contributed by atoms with Gasteiger partial charge in [0, 0.05) is 38.2 Å². The van der Waals surface area contributed by atoms with Crippen molar-refractivity contribution in [3.05, 3.63) is 34.9 Å². The molecule has 1 aromatic carbocycles. The highest BCUT2D eigenvalue weighted by Crippen LogP contribution is 2.11. The van der Waals surface area contributed by atoms with Crippen LogP contribution in [0.15, 0.2) is 29.4 Å². The lowest BCUT2D eigenvalue weighted by atomic mass is 10.2. The van der Waals surface area contributed by atoms with Gasteiger partial charge in [0.25, 0.3) is 0 Å². The van der Waals surface area contributed by atoms with Gasteiger partial charge in [0.05, 0.1) is 6.61 Å². The number of nitrogens with zero attached hydrogens (tertiary/aromatic N) is 2. The standard InChI is InChI=1S/C13H20ClN3O2/c1-19-9-8-17(7-6-13(15)16-18)10-11-2-4-12(14)5-3-11/h2-5,18H,6-10H2,1H3,(H2,15,16). The van der Waals surface area contributed by atoms with Crippen LogP contribution in [-0.2, 0) is 11.3 Å². The van der Waals surface area contributed by atoms with E-state index in [1.165, 1.54) is 5.56 Å². The molecule has 0 aromatic heterocycles. The Kier molecular flexibility index (Phi) is 7.25. The van der Waals surface area contributed by atoms with Gasteiger partial charge in [-0.1, -0.05) is 28.9 Å². The molecule has 6 heteroatoms. The summed E-state index contributed by atoms with van der Waals surface area (Å²) in [4.78, 5) is 2.19. The highest BCUT2D eigenvalue weighted by molar-refractivity contribution is 6.30. The Labute approximate surface area is 118 Å². The molecule has 0 heterocycles. The topological polar surface area (TPSA) is 71.1 Å². The van der Waals surface area contributed by atoms with E-state index < -0.39 is 0 Å². The monoisotopic (exact) mass is 285 g/mol. The molecule has 0 saturated carbocycles. The van der Waals surface area contributed by atoms with Crippen LogP contribution in [0, 0.1) is 0 Å². The summed E-state index contributed by atoms with van der Waals surface area (Å²) >= 11 is 5.86. The quantitative estimate of drug-likeness (QED) is 0.331. The molecule has 0 atom stereocenters. The maximum Gasteiger partial charge on any atom is 0.140 e. The summed E-state index contributed by atoms with van der Waals surface area (Å²) in [5, 5.41) is 12.3. The number of amidine groups is 1. The van der Waals surface area contributed by atoms with Crippen molar-refractivity contribution in [2.75, 3.05) is 26.8 Å². The van der Waals surface area contributed by atoms with Gasteiger partial charge in [-0.15, -0.1) is 0 Å². The van der Waals surface area contributed by atoms with Crippen LogP contribution in [-0.4, -0.2) is 42.7 Å². The summed E-state index contributed by atoms with van der Waals surface area (Å²) in [5.74, 6) is 0.235. The Bertz CT molecular complexity index is 395. The normalized spacial score (nSPS) is 12.1. The fraction of sp³-hybridized carbons (Fsp3) is 0.462. The van der Waals surface area contributed by atoms with Gasteiger partial charge in [-0.25, -0.2) is 0 Å². The number of nitrogens with two attached hydrogens (primary N) is 1. The molecule has 0 unspecified atom stereocenters. The number of hydrogen-bond acceptors (Lipinski definition) is 4. The van der Waals surface area contributed by atoms with Gasteiger partial charge in [-0.3, -0.25) is 4.90 Å². The lowest BCUT2D eigenvalue weighted by molar-refractivity contribution is 0.145. The van der Waals surface area contributed by atoms with Crippen LogP contribution in [0.3, 0.4) is 0 Å². The van der Waals surface area contributed by atoms with E-state index in [0.717, 1.165) is 18.1 Å². The largest absolute Gasteiger partial charge is 0.409 e. The molecule has 1 rings (SSSR count). The Balaban J connectivity index is 2.55. The first kappa shape index (κ1) is 15.8. The summed E-state index contributed by atoms with van der Waals surface area (Å²) in [6.45, 7) is 2.92. The van der Waals surface area contributed by atoms with E-state index in [9.17, 15) is 0 Å². The number of hydrogen-bond donors (Lipinski definition) is 2. The van der Waals surface area contributed by atoms with E-state index in [1.54, 1.807) is 7.11 Å². The second-order valence-electron chi connectivity index (χ2n) is 4.24. The fourth-order valence-electron chi connectivity index (χ4n) is 1.66. The first-order valence-electron chi connectivity index (χ1n) is 6.08. The predicted octanol–water partition coefficient (Wildman–Crippen LogP) is 1.92. The van der Waals surface area contributed by atoms with Crippen molar-refractivity contribution in [2.24, 2.45) is 10.9 Å². The average molecular weight is 286 g/mol. The maximum absolute atomic E-state index is 8.55. The molecule has 3 N–H and O–H groups in total. The smallest absolute Gasteiger partial charge is 0.140 e. The van der Waals surface area contributed by atoms with Crippen molar-refractivity contribution in [1.82, 2.24) is 4.90 Å². The third-order valence-electron chi connectivity index (χ3n) is 2.74. The van der Waals surface area contributed by atoms with Gasteiger partial charge in [0.2, 0.25) is 0 Å². The van der Waals surface area contributed by atoms with Crippen molar-refractivity contribution in [3.8, 4) is 0 Å². The van der Waals surface area contributed by atoms with Crippen LogP contribution in [0.2, 0.25) is 5.02 Å². The lowest BCUT2D eigenvalue weighted by Gasteiger charge is -2.21. The zero-order valence-corrected chi connectivity index (χ0v) is 11.8. The van der Waals surface area contributed by atoms with E-state index in [1.807, 2.05) is 24.3 Å². The molecule has 106 valence electrons. The Morgan fingerprint density at radius 3 is 2.63 bits per heavy atom. The molecular formula is C13H20ClN3O2. The van der Waals surface area contributed by atoms with E-state index in [0.29, 0.717) is 19.6 Å².